The first-order valence-corrected chi connectivity index (χ1v) is 14.6. The molecule has 2 atom stereocenters. The summed E-state index contributed by atoms with van der Waals surface area (Å²) in [5.41, 5.74) is 8.82. The quantitative estimate of drug-likeness (QED) is 0.147. The van der Waals surface area contributed by atoms with Crippen LogP contribution in [0.15, 0.2) is 58.8 Å². The van der Waals surface area contributed by atoms with Crippen molar-refractivity contribution in [1.29, 1.82) is 0 Å². The van der Waals surface area contributed by atoms with Crippen molar-refractivity contribution in [3.8, 4) is 0 Å². The number of aryl methyl sites for hydroxylation is 1. The highest BCUT2D eigenvalue weighted by Crippen LogP contribution is 2.25. The molecule has 3 rings (SSSR count). The van der Waals surface area contributed by atoms with E-state index in [0.717, 1.165) is 5.56 Å². The summed E-state index contributed by atoms with van der Waals surface area (Å²) >= 11 is 0. The molecule has 1 aliphatic heterocycles. The molecule has 0 aromatic heterocycles. The molecule has 0 saturated heterocycles. The van der Waals surface area contributed by atoms with Crippen LogP contribution in [0.3, 0.4) is 0 Å². The molecule has 1 heterocycles. The Morgan fingerprint density at radius 1 is 0.978 bits per heavy atom. The number of carbonyl (C=O) groups is 6. The van der Waals surface area contributed by atoms with Gasteiger partial charge in [-0.1, -0.05) is 55.8 Å². The Morgan fingerprint density at radius 2 is 1.67 bits per heavy atom. The van der Waals surface area contributed by atoms with E-state index in [-0.39, 0.29) is 38.0 Å². The summed E-state index contributed by atoms with van der Waals surface area (Å²) in [4.78, 5) is 73.4. The number of benzene rings is 2. The van der Waals surface area contributed by atoms with Crippen LogP contribution in [0.5, 0.6) is 0 Å². The van der Waals surface area contributed by atoms with Crippen LogP contribution in [-0.2, 0) is 35.3 Å². The maximum absolute atomic E-state index is 12.7. The number of azo groups is 1. The molecule has 2 aromatic carbocycles. The van der Waals surface area contributed by atoms with E-state index in [9.17, 15) is 28.8 Å². The summed E-state index contributed by atoms with van der Waals surface area (Å²) in [5.74, 6) is -4.03. The molecule has 1 unspecified atom stereocenters. The van der Waals surface area contributed by atoms with Gasteiger partial charge in [-0.15, -0.1) is 10.2 Å². The maximum Gasteiger partial charge on any atom is 0.321 e. The van der Waals surface area contributed by atoms with Crippen molar-refractivity contribution < 1.29 is 33.5 Å². The molecule has 0 aliphatic carbocycles. The number of hydrogen-bond acceptors (Lipinski definition) is 8. The molecule has 0 radical (unpaired) electrons. The van der Waals surface area contributed by atoms with Gasteiger partial charge in [0.2, 0.25) is 11.8 Å². The third kappa shape index (κ3) is 11.0. The summed E-state index contributed by atoms with van der Waals surface area (Å²) in [6.45, 7) is 5.76. The molecule has 14 nitrogen and oxygen atoms in total. The Kier molecular flexibility index (Phi) is 13.0. The second kappa shape index (κ2) is 16.9. The zero-order valence-corrected chi connectivity index (χ0v) is 25.5. The number of nitrogens with one attached hydrogen (secondary N) is 4. The number of urea groups is 1. The van der Waals surface area contributed by atoms with Crippen LogP contribution in [0.25, 0.3) is 0 Å². The Balaban J connectivity index is 1.34. The molecule has 0 bridgehead atoms. The molecule has 45 heavy (non-hydrogen) atoms. The normalized spacial score (nSPS) is 14.2. The van der Waals surface area contributed by atoms with E-state index in [2.05, 4.69) is 31.5 Å². The summed E-state index contributed by atoms with van der Waals surface area (Å²) in [5, 5.41) is 16.8. The van der Waals surface area contributed by atoms with Crippen LogP contribution in [0.2, 0.25) is 0 Å². The van der Waals surface area contributed by atoms with E-state index >= 15 is 0 Å². The van der Waals surface area contributed by atoms with Gasteiger partial charge in [-0.3, -0.25) is 29.3 Å². The first kappa shape index (κ1) is 34.7. The number of rotatable bonds is 15. The third-order valence-corrected chi connectivity index (χ3v) is 6.90. The minimum Gasteiger partial charge on any atom is -0.376 e. The van der Waals surface area contributed by atoms with E-state index in [1.54, 1.807) is 50.2 Å². The van der Waals surface area contributed by atoms with Gasteiger partial charge in [0, 0.05) is 18.7 Å². The molecule has 1 aliphatic rings. The smallest absolute Gasteiger partial charge is 0.321 e. The first-order valence-electron chi connectivity index (χ1n) is 14.6. The van der Waals surface area contributed by atoms with Crippen molar-refractivity contribution in [2.75, 3.05) is 18.5 Å². The number of ether oxygens (including phenoxy) is 1. The molecule has 6 N–H and O–H groups in total. The highest BCUT2D eigenvalue weighted by Gasteiger charge is 2.33. The lowest BCUT2D eigenvalue weighted by molar-refractivity contribution is -0.130. The Morgan fingerprint density at radius 3 is 2.33 bits per heavy atom. The average Bonchev–Trinajstić information content (AvgIpc) is 3.34. The predicted molar refractivity (Wildman–Crippen MR) is 164 cm³/mol. The van der Waals surface area contributed by atoms with Crippen molar-refractivity contribution in [2.45, 2.75) is 64.6 Å². The second-order valence-electron chi connectivity index (χ2n) is 11.0. The fourth-order valence-electron chi connectivity index (χ4n) is 4.36. The summed E-state index contributed by atoms with van der Waals surface area (Å²) in [6, 6.07) is 11.6. The van der Waals surface area contributed by atoms with Gasteiger partial charge < -0.3 is 26.4 Å². The third-order valence-electron chi connectivity index (χ3n) is 6.90. The minimum atomic E-state index is -1.04. The van der Waals surface area contributed by atoms with E-state index in [1.165, 1.54) is 0 Å². The average molecular weight is 622 g/mol. The number of carbonyl (C=O) groups excluding carboxylic acids is 6. The number of amides is 7. The highest BCUT2D eigenvalue weighted by molar-refractivity contribution is 6.10. The zero-order valence-electron chi connectivity index (χ0n) is 25.5. The molecule has 14 heteroatoms. The summed E-state index contributed by atoms with van der Waals surface area (Å²) in [6.07, 6.45) is 0.676. The van der Waals surface area contributed by atoms with Crippen molar-refractivity contribution in [1.82, 2.24) is 16.0 Å². The first-order chi connectivity index (χ1) is 21.4. The number of hydrogen-bond donors (Lipinski definition) is 5. The topological polar surface area (TPSA) is 211 Å². The second-order valence-corrected chi connectivity index (χ2v) is 11.0. The van der Waals surface area contributed by atoms with Crippen LogP contribution in [0.4, 0.5) is 10.5 Å². The minimum absolute atomic E-state index is 0.0418. The number of anilines is 1. The van der Waals surface area contributed by atoms with E-state index in [0.29, 0.717) is 29.7 Å². The van der Waals surface area contributed by atoms with E-state index in [1.807, 2.05) is 19.1 Å². The largest absolute Gasteiger partial charge is 0.376 e. The van der Waals surface area contributed by atoms with Crippen molar-refractivity contribution in [3.63, 3.8) is 0 Å². The Bertz CT molecular complexity index is 1410. The number of imide groups is 1. The van der Waals surface area contributed by atoms with Crippen molar-refractivity contribution in [3.05, 3.63) is 65.2 Å². The maximum atomic E-state index is 12.7. The number of nitrogens with two attached hydrogens (primary N) is 1. The fourth-order valence-corrected chi connectivity index (χ4v) is 4.36. The van der Waals surface area contributed by atoms with Crippen LogP contribution in [0.1, 0.15) is 55.7 Å². The molecule has 2 aromatic rings. The zero-order chi connectivity index (χ0) is 32.9. The fraction of sp³-hybridized carbons (Fsp3) is 0.419. The summed E-state index contributed by atoms with van der Waals surface area (Å²) < 4.78 is 5.57. The highest BCUT2D eigenvalue weighted by atomic mass is 16.5. The lowest BCUT2D eigenvalue weighted by Gasteiger charge is -2.21. The van der Waals surface area contributed by atoms with Gasteiger partial charge in [0.15, 0.2) is 0 Å². The molecule has 240 valence electrons. The van der Waals surface area contributed by atoms with E-state index in [4.69, 9.17) is 10.5 Å². The van der Waals surface area contributed by atoms with Gasteiger partial charge in [-0.2, -0.15) is 0 Å². The van der Waals surface area contributed by atoms with Gasteiger partial charge in [0.05, 0.1) is 19.3 Å². The Labute approximate surface area is 260 Å². The SMILES string of the molecule is Cc1ccc(NC(=O)C(N)CCCNC(=O)NC(=O)[C@@H](NC(=O)CCOCc2cccc(C3C(=O)N=NC3=O)c2)C(C)C)cc1. The standard InChI is InChI=1S/C31H39N7O7/c1-18(2)26(30(43)36-31(44)33-14-5-8-23(32)27(40)34-22-11-9-19(3)10-12-22)35-24(39)13-15-45-17-20-6-4-7-21(16-20)25-28(41)37-38-29(25)42/h4,6-7,9-12,16,18,23,25-26H,5,8,13-15,17,32H2,1-3H3,(H,34,40)(H,35,39)(H2,33,36,43,44)/t23?,26-/m0/s1. The molecular formula is C31H39N7O7. The van der Waals surface area contributed by atoms with E-state index < -0.39 is 47.7 Å². The monoisotopic (exact) mass is 621 g/mol. The lowest BCUT2D eigenvalue weighted by atomic mass is 9.97. The molecule has 0 saturated carbocycles. The lowest BCUT2D eigenvalue weighted by Crippen LogP contribution is -2.53. The molecule has 7 amide bonds. The van der Waals surface area contributed by atoms with Gasteiger partial charge in [-0.25, -0.2) is 4.79 Å². The van der Waals surface area contributed by atoms with Crippen LogP contribution in [0, 0.1) is 12.8 Å². The Hall–Kier alpha value is -4.82. The van der Waals surface area contributed by atoms with Gasteiger partial charge >= 0.3 is 6.03 Å². The van der Waals surface area contributed by atoms with Crippen molar-refractivity contribution in [2.24, 2.45) is 21.9 Å². The number of nitrogens with zero attached hydrogens (tertiary/aromatic N) is 2. The van der Waals surface area contributed by atoms with Gasteiger partial charge in [0.1, 0.15) is 12.0 Å². The molecule has 0 spiro atoms. The summed E-state index contributed by atoms with van der Waals surface area (Å²) in [7, 11) is 0. The van der Waals surface area contributed by atoms with Gasteiger partial charge in [0.25, 0.3) is 17.7 Å². The van der Waals surface area contributed by atoms with Crippen LogP contribution >= 0.6 is 0 Å². The predicted octanol–water partition coefficient (Wildman–Crippen LogP) is 2.22. The van der Waals surface area contributed by atoms with Gasteiger partial charge in [-0.05, 0) is 48.9 Å². The van der Waals surface area contributed by atoms with Crippen LogP contribution in [-0.4, -0.2) is 60.8 Å². The molecular weight excluding hydrogens is 582 g/mol. The van der Waals surface area contributed by atoms with Crippen molar-refractivity contribution >= 4 is 41.3 Å². The van der Waals surface area contributed by atoms with Crippen LogP contribution < -0.4 is 27.0 Å². The molecule has 0 fully saturated rings.